The van der Waals surface area contributed by atoms with Gasteiger partial charge in [-0.05, 0) is 48.5 Å². The first-order valence-corrected chi connectivity index (χ1v) is 7.21. The molecule has 0 unspecified atom stereocenters. The van der Waals surface area contributed by atoms with E-state index in [1.54, 1.807) is 27.7 Å². The van der Waals surface area contributed by atoms with Crippen LogP contribution in [0.4, 0.5) is 10.6 Å². The van der Waals surface area contributed by atoms with Gasteiger partial charge in [0.2, 0.25) is 0 Å². The lowest BCUT2D eigenvalue weighted by Crippen LogP contribution is -2.29. The fraction of sp³-hybridized carbons (Fsp3) is 0.667. The second kappa shape index (κ2) is 6.37. The Bertz CT molecular complexity index is 550. The molecule has 22 heavy (non-hydrogen) atoms. The first-order valence-electron chi connectivity index (χ1n) is 7.21. The van der Waals surface area contributed by atoms with Crippen LogP contribution in [-0.4, -0.2) is 39.6 Å². The molecule has 0 saturated heterocycles. The largest absolute Gasteiger partial charge is 0.455 e. The Balaban J connectivity index is 3.14. The summed E-state index contributed by atoms with van der Waals surface area (Å²) in [6.45, 7) is 13.0. The van der Waals surface area contributed by atoms with Gasteiger partial charge >= 0.3 is 12.1 Å². The molecule has 0 spiro atoms. The van der Waals surface area contributed by atoms with Crippen LogP contribution in [0.25, 0.3) is 0 Å². The fourth-order valence-corrected chi connectivity index (χ4v) is 1.61. The first-order chi connectivity index (χ1) is 9.93. The number of ether oxygens (including phenoxy) is 2. The zero-order chi connectivity index (χ0) is 17.1. The van der Waals surface area contributed by atoms with Crippen LogP contribution in [0.3, 0.4) is 0 Å². The first kappa shape index (κ1) is 18.0. The van der Waals surface area contributed by atoms with Crippen molar-refractivity contribution in [3.63, 3.8) is 0 Å². The molecular weight excluding hydrogens is 286 g/mol. The SMILES string of the molecule is CCOC(=O)n1nc(C(=O)OC(C)(C)C)cc1NC(C)(C)C. The van der Waals surface area contributed by atoms with E-state index >= 15 is 0 Å². The highest BCUT2D eigenvalue weighted by Crippen LogP contribution is 2.19. The van der Waals surface area contributed by atoms with Gasteiger partial charge in [-0.2, -0.15) is 5.10 Å². The number of aromatic nitrogens is 2. The standard InChI is InChI=1S/C15H25N3O4/c1-8-21-13(20)18-11(16-14(2,3)4)9-10(17-18)12(19)22-15(5,6)7/h9,16H,8H2,1-7H3. The van der Waals surface area contributed by atoms with Crippen LogP contribution in [0.1, 0.15) is 59.0 Å². The topological polar surface area (TPSA) is 82.5 Å². The van der Waals surface area contributed by atoms with Gasteiger partial charge < -0.3 is 14.8 Å². The minimum atomic E-state index is -0.649. The Hall–Kier alpha value is -2.05. The average molecular weight is 311 g/mol. The van der Waals surface area contributed by atoms with E-state index in [2.05, 4.69) is 10.4 Å². The molecule has 1 aromatic heterocycles. The summed E-state index contributed by atoms with van der Waals surface area (Å²) in [5.74, 6) is -0.209. The van der Waals surface area contributed by atoms with Gasteiger partial charge in [0.15, 0.2) is 5.69 Å². The molecule has 0 amide bonds. The Morgan fingerprint density at radius 2 is 1.82 bits per heavy atom. The highest BCUT2D eigenvalue weighted by Gasteiger charge is 2.25. The van der Waals surface area contributed by atoms with Crippen molar-refractivity contribution in [2.24, 2.45) is 0 Å². The molecular formula is C15H25N3O4. The Labute approximate surface area is 131 Å². The number of nitrogens with zero attached hydrogens (tertiary/aromatic N) is 2. The summed E-state index contributed by atoms with van der Waals surface area (Å²) in [4.78, 5) is 24.1. The number of esters is 1. The van der Waals surface area contributed by atoms with Crippen molar-refractivity contribution in [1.82, 2.24) is 9.78 Å². The molecule has 0 bridgehead atoms. The van der Waals surface area contributed by atoms with E-state index in [1.165, 1.54) is 6.07 Å². The summed E-state index contributed by atoms with van der Waals surface area (Å²) < 4.78 is 11.2. The van der Waals surface area contributed by atoms with Gasteiger partial charge in [0.1, 0.15) is 11.4 Å². The van der Waals surface area contributed by atoms with Gasteiger partial charge in [-0.1, -0.05) is 0 Å². The molecule has 0 atom stereocenters. The van der Waals surface area contributed by atoms with Crippen molar-refractivity contribution in [2.45, 2.75) is 59.6 Å². The van der Waals surface area contributed by atoms with Crippen LogP contribution in [0.5, 0.6) is 0 Å². The monoisotopic (exact) mass is 311 g/mol. The highest BCUT2D eigenvalue weighted by atomic mass is 16.6. The maximum Gasteiger partial charge on any atom is 0.436 e. The van der Waals surface area contributed by atoms with Crippen LogP contribution in [-0.2, 0) is 9.47 Å². The van der Waals surface area contributed by atoms with Gasteiger partial charge in [0, 0.05) is 11.6 Å². The summed E-state index contributed by atoms with van der Waals surface area (Å²) in [5.41, 5.74) is -0.896. The molecule has 1 N–H and O–H groups in total. The Morgan fingerprint density at radius 1 is 1.23 bits per heavy atom. The molecule has 0 aromatic carbocycles. The van der Waals surface area contributed by atoms with Crippen LogP contribution in [0, 0.1) is 0 Å². The minimum absolute atomic E-state index is 0.0507. The average Bonchev–Trinajstić information content (AvgIpc) is 2.68. The number of carbonyl (C=O) groups excluding carboxylic acids is 2. The van der Waals surface area contributed by atoms with E-state index in [1.807, 2.05) is 20.8 Å². The van der Waals surface area contributed by atoms with E-state index in [4.69, 9.17) is 9.47 Å². The van der Waals surface area contributed by atoms with E-state index in [-0.39, 0.29) is 17.8 Å². The van der Waals surface area contributed by atoms with Crippen molar-refractivity contribution < 1.29 is 19.1 Å². The van der Waals surface area contributed by atoms with Gasteiger partial charge in [0.25, 0.3) is 0 Å². The summed E-state index contributed by atoms with van der Waals surface area (Å²) in [6.07, 6.45) is -0.649. The number of nitrogens with one attached hydrogen (secondary N) is 1. The summed E-state index contributed by atoms with van der Waals surface area (Å²) in [7, 11) is 0. The third-order valence-corrected chi connectivity index (χ3v) is 2.26. The third kappa shape index (κ3) is 5.38. The lowest BCUT2D eigenvalue weighted by atomic mass is 10.1. The van der Waals surface area contributed by atoms with E-state index in [0.717, 1.165) is 4.68 Å². The van der Waals surface area contributed by atoms with Crippen LogP contribution in [0.15, 0.2) is 6.07 Å². The van der Waals surface area contributed by atoms with Gasteiger partial charge in [-0.3, -0.25) is 0 Å². The number of hydrogen-bond donors (Lipinski definition) is 1. The number of carbonyl (C=O) groups is 2. The molecule has 7 heteroatoms. The lowest BCUT2D eigenvalue weighted by Gasteiger charge is -2.21. The van der Waals surface area contributed by atoms with Crippen molar-refractivity contribution in [3.05, 3.63) is 11.8 Å². The number of hydrogen-bond acceptors (Lipinski definition) is 6. The quantitative estimate of drug-likeness (QED) is 0.864. The predicted octanol–water partition coefficient (Wildman–Crippen LogP) is 3.05. The van der Waals surface area contributed by atoms with Crippen LogP contribution < -0.4 is 5.32 Å². The molecule has 0 saturated carbocycles. The van der Waals surface area contributed by atoms with Crippen molar-refractivity contribution in [3.8, 4) is 0 Å². The molecule has 0 aliphatic heterocycles. The molecule has 1 heterocycles. The summed E-state index contributed by atoms with van der Waals surface area (Å²) in [5, 5.41) is 7.12. The molecule has 0 aliphatic rings. The highest BCUT2D eigenvalue weighted by molar-refractivity contribution is 5.90. The lowest BCUT2D eigenvalue weighted by molar-refractivity contribution is 0.00623. The smallest absolute Gasteiger partial charge is 0.436 e. The number of anilines is 1. The van der Waals surface area contributed by atoms with E-state index in [9.17, 15) is 9.59 Å². The zero-order valence-electron chi connectivity index (χ0n) is 14.3. The molecule has 0 aliphatic carbocycles. The van der Waals surface area contributed by atoms with Gasteiger partial charge in [-0.15, -0.1) is 4.68 Å². The van der Waals surface area contributed by atoms with Crippen LogP contribution in [0.2, 0.25) is 0 Å². The molecule has 1 rings (SSSR count). The zero-order valence-corrected chi connectivity index (χ0v) is 14.3. The van der Waals surface area contributed by atoms with Crippen molar-refractivity contribution in [2.75, 3.05) is 11.9 Å². The third-order valence-electron chi connectivity index (χ3n) is 2.26. The Morgan fingerprint density at radius 3 is 2.27 bits per heavy atom. The second-order valence-electron chi connectivity index (χ2n) is 6.90. The van der Waals surface area contributed by atoms with Gasteiger partial charge in [0.05, 0.1) is 6.61 Å². The molecule has 1 aromatic rings. The molecule has 0 radical (unpaired) electrons. The van der Waals surface area contributed by atoms with E-state index in [0.29, 0.717) is 5.82 Å². The fourth-order valence-electron chi connectivity index (χ4n) is 1.61. The minimum Gasteiger partial charge on any atom is -0.455 e. The van der Waals surface area contributed by atoms with Crippen molar-refractivity contribution in [1.29, 1.82) is 0 Å². The van der Waals surface area contributed by atoms with Gasteiger partial charge in [-0.25, -0.2) is 9.59 Å². The predicted molar refractivity (Wildman–Crippen MR) is 83.2 cm³/mol. The van der Waals surface area contributed by atoms with Crippen molar-refractivity contribution >= 4 is 17.9 Å². The molecule has 7 nitrogen and oxygen atoms in total. The maximum atomic E-state index is 12.1. The summed E-state index contributed by atoms with van der Waals surface area (Å²) in [6, 6.07) is 1.48. The summed E-state index contributed by atoms with van der Waals surface area (Å²) >= 11 is 0. The van der Waals surface area contributed by atoms with E-state index < -0.39 is 17.7 Å². The normalized spacial score (nSPS) is 12.0. The van der Waals surface area contributed by atoms with Crippen LogP contribution >= 0.6 is 0 Å². The number of rotatable bonds is 3. The molecule has 0 fully saturated rings. The molecule has 124 valence electrons. The maximum absolute atomic E-state index is 12.1. The Kier molecular flexibility index (Phi) is 5.22. The second-order valence-corrected chi connectivity index (χ2v) is 6.90.